The van der Waals surface area contributed by atoms with Crippen LogP contribution in [0.1, 0.15) is 49.0 Å². The van der Waals surface area contributed by atoms with E-state index in [4.69, 9.17) is 5.73 Å². The summed E-state index contributed by atoms with van der Waals surface area (Å²) in [6.45, 7) is 3.60. The van der Waals surface area contributed by atoms with Crippen LogP contribution < -0.4 is 11.3 Å². The number of hydrogen-bond acceptors (Lipinski definition) is 4. The predicted octanol–water partition coefficient (Wildman–Crippen LogP) is 1.95. The Hall–Kier alpha value is -1.69. The lowest BCUT2D eigenvalue weighted by molar-refractivity contribution is -0.120. The van der Waals surface area contributed by atoms with Gasteiger partial charge in [-0.15, -0.1) is 11.3 Å². The molecule has 0 aromatic carbocycles. The van der Waals surface area contributed by atoms with E-state index in [-0.39, 0.29) is 5.56 Å². The zero-order chi connectivity index (χ0) is 15.1. The van der Waals surface area contributed by atoms with E-state index < -0.39 is 11.9 Å². The number of hydrogen-bond donors (Lipinski definition) is 1. The molecule has 2 N–H and O–H groups in total. The lowest BCUT2D eigenvalue weighted by atomic mass is 9.97. The van der Waals surface area contributed by atoms with Crippen LogP contribution in [0.2, 0.25) is 0 Å². The SMILES string of the molecule is CCc1nc2sc3c(c2c(=O)n1C(C)C(N)=O)CCCC3. The molecule has 1 aliphatic carbocycles. The van der Waals surface area contributed by atoms with Crippen LogP contribution in [0.15, 0.2) is 4.79 Å². The van der Waals surface area contributed by atoms with E-state index in [0.717, 1.165) is 29.7 Å². The molecule has 0 spiro atoms. The third-order valence-corrected chi connectivity index (χ3v) is 5.40. The van der Waals surface area contributed by atoms with E-state index >= 15 is 0 Å². The smallest absolute Gasteiger partial charge is 0.263 e. The second-order valence-electron chi connectivity index (χ2n) is 5.53. The van der Waals surface area contributed by atoms with Crippen LogP contribution in [-0.2, 0) is 24.1 Å². The van der Waals surface area contributed by atoms with Gasteiger partial charge in [-0.3, -0.25) is 14.2 Å². The molecule has 0 bridgehead atoms. The average Bonchev–Trinajstić information content (AvgIpc) is 2.84. The summed E-state index contributed by atoms with van der Waals surface area (Å²) in [5, 5.41) is 0.708. The number of aromatic nitrogens is 2. The van der Waals surface area contributed by atoms with Crippen molar-refractivity contribution in [2.45, 2.75) is 52.0 Å². The molecule has 2 heterocycles. The number of nitrogens with two attached hydrogens (primary N) is 1. The van der Waals surface area contributed by atoms with Gasteiger partial charge in [-0.1, -0.05) is 6.92 Å². The van der Waals surface area contributed by atoms with Crippen LogP contribution in [0.25, 0.3) is 10.2 Å². The first-order valence-corrected chi connectivity index (χ1v) is 8.21. The van der Waals surface area contributed by atoms with Crippen molar-refractivity contribution >= 4 is 27.5 Å². The fourth-order valence-corrected chi connectivity index (χ4v) is 4.31. The van der Waals surface area contributed by atoms with Crippen molar-refractivity contribution in [1.82, 2.24) is 9.55 Å². The summed E-state index contributed by atoms with van der Waals surface area (Å²) in [4.78, 5) is 31.2. The van der Waals surface area contributed by atoms with Crippen molar-refractivity contribution in [3.05, 3.63) is 26.6 Å². The van der Waals surface area contributed by atoms with Gasteiger partial charge in [-0.25, -0.2) is 4.98 Å². The summed E-state index contributed by atoms with van der Waals surface area (Å²) in [5.74, 6) is 0.134. The van der Waals surface area contributed by atoms with Crippen LogP contribution >= 0.6 is 11.3 Å². The van der Waals surface area contributed by atoms with Gasteiger partial charge in [0.25, 0.3) is 5.56 Å². The molecule has 0 aliphatic heterocycles. The van der Waals surface area contributed by atoms with E-state index in [1.54, 1.807) is 18.3 Å². The van der Waals surface area contributed by atoms with Crippen molar-refractivity contribution < 1.29 is 4.79 Å². The molecular weight excluding hydrogens is 286 g/mol. The van der Waals surface area contributed by atoms with Gasteiger partial charge in [0.05, 0.1) is 5.39 Å². The molecular formula is C15H19N3O2S. The van der Waals surface area contributed by atoms with Crippen molar-refractivity contribution in [1.29, 1.82) is 0 Å². The minimum atomic E-state index is -0.663. The zero-order valence-corrected chi connectivity index (χ0v) is 13.1. The third kappa shape index (κ3) is 2.18. The Morgan fingerprint density at radius 3 is 2.81 bits per heavy atom. The van der Waals surface area contributed by atoms with Crippen LogP contribution in [0.3, 0.4) is 0 Å². The summed E-state index contributed by atoms with van der Waals surface area (Å²) in [5.41, 5.74) is 6.43. The lowest BCUT2D eigenvalue weighted by Gasteiger charge is -2.16. The first kappa shape index (κ1) is 14.3. The van der Waals surface area contributed by atoms with Gasteiger partial charge in [0.2, 0.25) is 5.91 Å². The number of amides is 1. The van der Waals surface area contributed by atoms with Gasteiger partial charge >= 0.3 is 0 Å². The van der Waals surface area contributed by atoms with Crippen LogP contribution in [-0.4, -0.2) is 15.5 Å². The van der Waals surface area contributed by atoms with Crippen LogP contribution in [0, 0.1) is 0 Å². The number of carbonyl (C=O) groups is 1. The fraction of sp³-hybridized carbons (Fsp3) is 0.533. The summed E-state index contributed by atoms with van der Waals surface area (Å²) in [6, 6.07) is -0.663. The third-order valence-electron chi connectivity index (χ3n) is 4.21. The summed E-state index contributed by atoms with van der Waals surface area (Å²) in [7, 11) is 0. The van der Waals surface area contributed by atoms with E-state index in [2.05, 4.69) is 4.98 Å². The van der Waals surface area contributed by atoms with Crippen LogP contribution in [0.5, 0.6) is 0 Å². The highest BCUT2D eigenvalue weighted by atomic mass is 32.1. The molecule has 0 fully saturated rings. The highest BCUT2D eigenvalue weighted by molar-refractivity contribution is 7.18. The normalized spacial score (nSPS) is 15.9. The maximum absolute atomic E-state index is 12.9. The molecule has 3 rings (SSSR count). The minimum absolute atomic E-state index is 0.109. The van der Waals surface area contributed by atoms with Gasteiger partial charge in [-0.2, -0.15) is 0 Å². The molecule has 2 aromatic heterocycles. The molecule has 1 atom stereocenters. The molecule has 1 unspecified atom stereocenters. The minimum Gasteiger partial charge on any atom is -0.368 e. The van der Waals surface area contributed by atoms with E-state index in [0.29, 0.717) is 17.6 Å². The summed E-state index contributed by atoms with van der Waals surface area (Å²) < 4.78 is 1.48. The van der Waals surface area contributed by atoms with Gasteiger partial charge in [-0.05, 0) is 38.2 Å². The van der Waals surface area contributed by atoms with Crippen molar-refractivity contribution in [3.63, 3.8) is 0 Å². The molecule has 112 valence electrons. The number of aryl methyl sites for hydroxylation is 3. The van der Waals surface area contributed by atoms with Gasteiger partial charge < -0.3 is 5.73 Å². The highest BCUT2D eigenvalue weighted by Crippen LogP contribution is 2.34. The van der Waals surface area contributed by atoms with Gasteiger partial charge in [0.1, 0.15) is 16.7 Å². The topological polar surface area (TPSA) is 78.0 Å². The number of rotatable bonds is 3. The van der Waals surface area contributed by atoms with E-state index in [1.165, 1.54) is 15.9 Å². The maximum Gasteiger partial charge on any atom is 0.263 e. The number of fused-ring (bicyclic) bond motifs is 3. The zero-order valence-electron chi connectivity index (χ0n) is 12.3. The Balaban J connectivity index is 2.34. The molecule has 2 aromatic rings. The number of carbonyl (C=O) groups excluding carboxylic acids is 1. The van der Waals surface area contributed by atoms with Crippen molar-refractivity contribution in [3.8, 4) is 0 Å². The molecule has 0 radical (unpaired) electrons. The molecule has 1 aliphatic rings. The largest absolute Gasteiger partial charge is 0.368 e. The summed E-state index contributed by atoms with van der Waals surface area (Å²) >= 11 is 1.63. The van der Waals surface area contributed by atoms with Crippen molar-refractivity contribution in [2.24, 2.45) is 5.73 Å². The lowest BCUT2D eigenvalue weighted by Crippen LogP contribution is -2.35. The first-order valence-electron chi connectivity index (χ1n) is 7.39. The predicted molar refractivity (Wildman–Crippen MR) is 83.8 cm³/mol. The maximum atomic E-state index is 12.9. The quantitative estimate of drug-likeness (QED) is 0.941. The Bertz CT molecular complexity index is 775. The van der Waals surface area contributed by atoms with E-state index in [9.17, 15) is 9.59 Å². The standard InChI is InChI=1S/C15H19N3O2S/c1-3-11-17-14-12(9-6-4-5-7-10(9)21-14)15(20)18(11)8(2)13(16)19/h8H,3-7H2,1-2H3,(H2,16,19). The Morgan fingerprint density at radius 2 is 2.14 bits per heavy atom. The second kappa shape index (κ2) is 5.26. The molecule has 6 heteroatoms. The van der Waals surface area contributed by atoms with E-state index in [1.807, 2.05) is 6.92 Å². The average molecular weight is 305 g/mol. The Kier molecular flexibility index (Phi) is 3.57. The monoisotopic (exact) mass is 305 g/mol. The fourth-order valence-electron chi connectivity index (χ4n) is 3.04. The number of primary amides is 1. The Morgan fingerprint density at radius 1 is 1.43 bits per heavy atom. The molecule has 0 saturated heterocycles. The molecule has 0 saturated carbocycles. The second-order valence-corrected chi connectivity index (χ2v) is 6.61. The van der Waals surface area contributed by atoms with Crippen molar-refractivity contribution in [2.75, 3.05) is 0 Å². The number of nitrogens with zero attached hydrogens (tertiary/aromatic N) is 2. The molecule has 1 amide bonds. The van der Waals surface area contributed by atoms with Crippen LogP contribution in [0.4, 0.5) is 0 Å². The Labute approximate surface area is 126 Å². The molecule has 21 heavy (non-hydrogen) atoms. The molecule has 5 nitrogen and oxygen atoms in total. The highest BCUT2D eigenvalue weighted by Gasteiger charge is 2.24. The first-order chi connectivity index (χ1) is 10.0. The number of thiophene rings is 1. The summed E-state index contributed by atoms with van der Waals surface area (Å²) in [6.07, 6.45) is 4.85. The van der Waals surface area contributed by atoms with Gasteiger partial charge in [0.15, 0.2) is 0 Å². The van der Waals surface area contributed by atoms with Gasteiger partial charge in [0, 0.05) is 11.3 Å².